The van der Waals surface area contributed by atoms with E-state index in [0.717, 1.165) is 42.7 Å². The smallest absolute Gasteiger partial charge is 0.128 e. The average molecular weight is 279 g/mol. The molecule has 4 nitrogen and oxygen atoms in total. The molecule has 2 unspecified atom stereocenters. The maximum atomic E-state index is 6.18. The van der Waals surface area contributed by atoms with Gasteiger partial charge in [-0.3, -0.25) is 0 Å². The first kappa shape index (κ1) is 15.1. The second-order valence-electron chi connectivity index (χ2n) is 5.46. The van der Waals surface area contributed by atoms with Crippen LogP contribution in [0.1, 0.15) is 44.2 Å². The molecule has 1 fully saturated rings. The van der Waals surface area contributed by atoms with Gasteiger partial charge in [-0.2, -0.15) is 0 Å². The summed E-state index contributed by atoms with van der Waals surface area (Å²) in [5.41, 5.74) is 7.04. The lowest BCUT2D eigenvalue weighted by Gasteiger charge is -2.29. The Balaban J connectivity index is 2.14. The van der Waals surface area contributed by atoms with Gasteiger partial charge >= 0.3 is 0 Å². The van der Waals surface area contributed by atoms with Gasteiger partial charge in [0.25, 0.3) is 0 Å². The van der Waals surface area contributed by atoms with Crippen LogP contribution in [0.3, 0.4) is 0 Å². The predicted octanol–water partition coefficient (Wildman–Crippen LogP) is 3.05. The average Bonchev–Trinajstić information content (AvgIpc) is 2.47. The Morgan fingerprint density at radius 1 is 1.20 bits per heavy atom. The standard InChI is InChI=1S/C16H25NO3/c1-11(17)15-8-7-13(19-3)10-16(15)20-14-6-4-5-12(9-14)18-2/h7-8,10-12,14H,4-6,9,17H2,1-3H3/t11-,12?,14?/m1/s1. The molecule has 0 aromatic heterocycles. The zero-order valence-electron chi connectivity index (χ0n) is 12.6. The van der Waals surface area contributed by atoms with E-state index in [1.165, 1.54) is 0 Å². The molecule has 112 valence electrons. The molecular formula is C16H25NO3. The van der Waals surface area contributed by atoms with Crippen molar-refractivity contribution < 1.29 is 14.2 Å². The van der Waals surface area contributed by atoms with Crippen LogP contribution < -0.4 is 15.2 Å². The topological polar surface area (TPSA) is 53.7 Å². The summed E-state index contributed by atoms with van der Waals surface area (Å²) in [6, 6.07) is 5.77. The summed E-state index contributed by atoms with van der Waals surface area (Å²) in [5.74, 6) is 1.63. The molecule has 3 atom stereocenters. The zero-order chi connectivity index (χ0) is 14.5. The first-order chi connectivity index (χ1) is 9.63. The Hall–Kier alpha value is -1.26. The molecule has 0 radical (unpaired) electrons. The van der Waals surface area contributed by atoms with Gasteiger partial charge in [0.1, 0.15) is 17.6 Å². The summed E-state index contributed by atoms with van der Waals surface area (Å²) in [6.07, 6.45) is 4.76. The quantitative estimate of drug-likeness (QED) is 0.900. The Morgan fingerprint density at radius 2 is 1.95 bits per heavy atom. The molecule has 20 heavy (non-hydrogen) atoms. The van der Waals surface area contributed by atoms with E-state index in [0.29, 0.717) is 6.10 Å². The fourth-order valence-electron chi connectivity index (χ4n) is 2.72. The van der Waals surface area contributed by atoms with Crippen LogP contribution in [0, 0.1) is 0 Å². The van der Waals surface area contributed by atoms with Crippen LogP contribution in [-0.4, -0.2) is 26.4 Å². The summed E-state index contributed by atoms with van der Waals surface area (Å²) < 4.78 is 16.9. The van der Waals surface area contributed by atoms with Crippen molar-refractivity contribution in [1.29, 1.82) is 0 Å². The molecule has 0 saturated heterocycles. The number of ether oxygens (including phenoxy) is 3. The summed E-state index contributed by atoms with van der Waals surface area (Å²) in [6.45, 7) is 1.97. The number of methoxy groups -OCH3 is 2. The van der Waals surface area contributed by atoms with Gasteiger partial charge in [0.15, 0.2) is 0 Å². The summed E-state index contributed by atoms with van der Waals surface area (Å²) in [7, 11) is 3.43. The minimum absolute atomic E-state index is 0.0577. The van der Waals surface area contributed by atoms with Gasteiger partial charge in [-0.15, -0.1) is 0 Å². The predicted molar refractivity (Wildman–Crippen MR) is 79.3 cm³/mol. The lowest BCUT2D eigenvalue weighted by molar-refractivity contribution is 0.0205. The maximum absolute atomic E-state index is 6.18. The van der Waals surface area contributed by atoms with Gasteiger partial charge in [-0.25, -0.2) is 0 Å². The van der Waals surface area contributed by atoms with E-state index >= 15 is 0 Å². The Bertz CT molecular complexity index is 434. The molecule has 0 heterocycles. The highest BCUT2D eigenvalue weighted by molar-refractivity contribution is 5.42. The Kier molecular flexibility index (Phi) is 5.26. The minimum atomic E-state index is -0.0577. The van der Waals surface area contributed by atoms with Gasteiger partial charge in [0.2, 0.25) is 0 Å². The second-order valence-corrected chi connectivity index (χ2v) is 5.46. The molecule has 2 rings (SSSR count). The Morgan fingerprint density at radius 3 is 2.60 bits per heavy atom. The first-order valence-electron chi connectivity index (χ1n) is 7.27. The fraction of sp³-hybridized carbons (Fsp3) is 0.625. The fourth-order valence-corrected chi connectivity index (χ4v) is 2.72. The van der Waals surface area contributed by atoms with E-state index in [2.05, 4.69) is 0 Å². The van der Waals surface area contributed by atoms with E-state index < -0.39 is 0 Å². The first-order valence-corrected chi connectivity index (χ1v) is 7.27. The van der Waals surface area contributed by atoms with Gasteiger partial charge in [-0.05, 0) is 32.3 Å². The highest BCUT2D eigenvalue weighted by atomic mass is 16.5. The van der Waals surface area contributed by atoms with E-state index in [-0.39, 0.29) is 12.1 Å². The molecule has 0 bridgehead atoms. The molecule has 0 spiro atoms. The largest absolute Gasteiger partial charge is 0.497 e. The van der Waals surface area contributed by atoms with Gasteiger partial charge in [0, 0.05) is 31.2 Å². The second kappa shape index (κ2) is 6.95. The van der Waals surface area contributed by atoms with Crippen molar-refractivity contribution in [3.05, 3.63) is 23.8 Å². The molecule has 0 amide bonds. The summed E-state index contributed by atoms with van der Waals surface area (Å²) in [5, 5.41) is 0. The monoisotopic (exact) mass is 279 g/mol. The Labute approximate surface area is 121 Å². The van der Waals surface area contributed by atoms with Crippen LogP contribution >= 0.6 is 0 Å². The molecule has 2 N–H and O–H groups in total. The van der Waals surface area contributed by atoms with Crippen molar-refractivity contribution in [1.82, 2.24) is 0 Å². The molecule has 0 aliphatic heterocycles. The molecular weight excluding hydrogens is 254 g/mol. The van der Waals surface area contributed by atoms with Crippen LogP contribution in [0.4, 0.5) is 0 Å². The highest BCUT2D eigenvalue weighted by Gasteiger charge is 2.24. The summed E-state index contributed by atoms with van der Waals surface area (Å²) in [4.78, 5) is 0. The molecule has 1 saturated carbocycles. The third kappa shape index (κ3) is 3.64. The number of hydrogen-bond donors (Lipinski definition) is 1. The molecule has 4 heteroatoms. The normalized spacial score (nSPS) is 24.2. The van der Waals surface area contributed by atoms with Crippen LogP contribution in [0.2, 0.25) is 0 Å². The number of hydrogen-bond acceptors (Lipinski definition) is 4. The number of benzene rings is 1. The number of nitrogens with two attached hydrogens (primary N) is 1. The van der Waals surface area contributed by atoms with Gasteiger partial charge in [-0.1, -0.05) is 6.07 Å². The van der Waals surface area contributed by atoms with E-state index in [9.17, 15) is 0 Å². The molecule has 1 aromatic carbocycles. The van der Waals surface area contributed by atoms with E-state index in [1.54, 1.807) is 14.2 Å². The van der Waals surface area contributed by atoms with Crippen LogP contribution in [0.25, 0.3) is 0 Å². The van der Waals surface area contributed by atoms with Crippen molar-refractivity contribution in [2.24, 2.45) is 5.73 Å². The minimum Gasteiger partial charge on any atom is -0.497 e. The van der Waals surface area contributed by atoms with Gasteiger partial charge < -0.3 is 19.9 Å². The van der Waals surface area contributed by atoms with Crippen molar-refractivity contribution in [2.45, 2.75) is 50.9 Å². The molecule has 1 aliphatic carbocycles. The lowest BCUT2D eigenvalue weighted by atomic mass is 9.94. The summed E-state index contributed by atoms with van der Waals surface area (Å²) >= 11 is 0. The third-order valence-corrected chi connectivity index (χ3v) is 3.92. The van der Waals surface area contributed by atoms with Crippen molar-refractivity contribution in [3.8, 4) is 11.5 Å². The number of rotatable bonds is 5. The SMILES string of the molecule is COc1ccc([C@@H](C)N)c(OC2CCCC(OC)C2)c1. The highest BCUT2D eigenvalue weighted by Crippen LogP contribution is 2.32. The van der Waals surface area contributed by atoms with Crippen molar-refractivity contribution in [3.63, 3.8) is 0 Å². The van der Waals surface area contributed by atoms with Crippen molar-refractivity contribution >= 4 is 0 Å². The zero-order valence-corrected chi connectivity index (χ0v) is 12.6. The molecule has 1 aliphatic rings. The van der Waals surface area contributed by atoms with Crippen LogP contribution in [0.15, 0.2) is 18.2 Å². The third-order valence-electron chi connectivity index (χ3n) is 3.92. The van der Waals surface area contributed by atoms with Crippen molar-refractivity contribution in [2.75, 3.05) is 14.2 Å². The van der Waals surface area contributed by atoms with Gasteiger partial charge in [0.05, 0.1) is 13.2 Å². The lowest BCUT2D eigenvalue weighted by Crippen LogP contribution is -2.30. The van der Waals surface area contributed by atoms with E-state index in [4.69, 9.17) is 19.9 Å². The van der Waals surface area contributed by atoms with Crippen LogP contribution in [-0.2, 0) is 4.74 Å². The van der Waals surface area contributed by atoms with Crippen LogP contribution in [0.5, 0.6) is 11.5 Å². The van der Waals surface area contributed by atoms with E-state index in [1.807, 2.05) is 25.1 Å². The molecule has 1 aromatic rings. The maximum Gasteiger partial charge on any atom is 0.128 e.